The van der Waals surface area contributed by atoms with E-state index in [9.17, 15) is 16.8 Å². The summed E-state index contributed by atoms with van der Waals surface area (Å²) in [5, 5.41) is 3.16. The van der Waals surface area contributed by atoms with Crippen LogP contribution in [0.25, 0.3) is 5.53 Å². The lowest BCUT2D eigenvalue weighted by Crippen LogP contribution is -2.04. The Bertz CT molecular complexity index is 693. The first-order valence-electron chi connectivity index (χ1n) is 4.31. The lowest BCUT2D eigenvalue weighted by Gasteiger charge is -2.12. The van der Waals surface area contributed by atoms with Crippen molar-refractivity contribution in [1.82, 2.24) is 0 Å². The van der Waals surface area contributed by atoms with Crippen LogP contribution in [-0.2, 0) is 20.0 Å². The number of hydrogen-bond donors (Lipinski definition) is 2. The molecule has 0 saturated carbocycles. The molecule has 0 aliphatic carbocycles. The summed E-state index contributed by atoms with van der Waals surface area (Å²) < 4.78 is 53.7. The van der Waals surface area contributed by atoms with Gasteiger partial charge in [-0.3, -0.25) is 9.78 Å². The molecule has 1 aromatic carbocycles. The number of nitrogens with one attached hydrogen (secondary N) is 1. The molecule has 0 aliphatic heterocycles. The molecule has 0 heterocycles. The summed E-state index contributed by atoms with van der Waals surface area (Å²) in [5.74, 6) is 0. The molecule has 10 heteroatoms. The first kappa shape index (κ1) is 14.3. The fourth-order valence-corrected chi connectivity index (χ4v) is 2.50. The molecule has 98 valence electrons. The van der Waals surface area contributed by atoms with Crippen molar-refractivity contribution in [3.05, 3.63) is 35.7 Å². The summed E-state index contributed by atoms with van der Waals surface area (Å²) in [4.78, 5) is -0.889. The zero-order valence-corrected chi connectivity index (χ0v) is 10.4. The van der Waals surface area contributed by atoms with Crippen LogP contribution in [0.3, 0.4) is 0 Å². The third-order valence-electron chi connectivity index (χ3n) is 1.95. The Kier molecular flexibility index (Phi) is 3.84. The van der Waals surface area contributed by atoms with Gasteiger partial charge in [-0.05, 0) is 23.9 Å². The van der Waals surface area contributed by atoms with Gasteiger partial charge in [0.15, 0.2) is 9.84 Å². The van der Waals surface area contributed by atoms with E-state index in [-0.39, 0.29) is 10.6 Å². The molecule has 0 radical (unpaired) electrons. The van der Waals surface area contributed by atoms with Crippen LogP contribution in [0.2, 0.25) is 0 Å². The first-order chi connectivity index (χ1) is 8.22. The molecule has 8 nitrogen and oxygen atoms in total. The SMILES string of the molecule is C=CS(=O)(=O)c1ccc(S(=O)(=O)O)cc1NN=[N-]. The van der Waals surface area contributed by atoms with Crippen LogP contribution in [0.15, 0.2) is 45.2 Å². The van der Waals surface area contributed by atoms with E-state index < -0.39 is 24.9 Å². The molecule has 0 fully saturated rings. The fourth-order valence-electron chi connectivity index (χ4n) is 1.15. The summed E-state index contributed by atoms with van der Waals surface area (Å²) in [6.45, 7) is 3.10. The molecule has 0 aromatic heterocycles. The smallest absolute Gasteiger partial charge is 0.294 e. The summed E-state index contributed by atoms with van der Waals surface area (Å²) in [5.41, 5.74) is 9.95. The highest BCUT2D eigenvalue weighted by molar-refractivity contribution is 7.94. The van der Waals surface area contributed by atoms with Crippen molar-refractivity contribution in [1.29, 1.82) is 0 Å². The molecule has 2 N–H and O–H groups in total. The van der Waals surface area contributed by atoms with Gasteiger partial charge in [-0.25, -0.2) is 8.42 Å². The Morgan fingerprint density at radius 3 is 2.39 bits per heavy atom. The average molecular weight is 290 g/mol. The average Bonchev–Trinajstić information content (AvgIpc) is 2.28. The van der Waals surface area contributed by atoms with Gasteiger partial charge in [0.2, 0.25) is 0 Å². The van der Waals surface area contributed by atoms with Gasteiger partial charge in [0.1, 0.15) is 0 Å². The second-order valence-electron chi connectivity index (χ2n) is 3.06. The zero-order chi connectivity index (χ0) is 14.0. The molecule has 18 heavy (non-hydrogen) atoms. The van der Waals surface area contributed by atoms with Crippen molar-refractivity contribution in [2.75, 3.05) is 5.43 Å². The predicted molar refractivity (Wildman–Crippen MR) is 63.0 cm³/mol. The van der Waals surface area contributed by atoms with Gasteiger partial charge in [0.25, 0.3) is 10.1 Å². The van der Waals surface area contributed by atoms with Gasteiger partial charge in [0, 0.05) is 5.41 Å². The highest BCUT2D eigenvalue weighted by atomic mass is 32.2. The first-order valence-corrected chi connectivity index (χ1v) is 7.30. The Labute approximate surface area is 103 Å². The third kappa shape index (κ3) is 2.91. The lowest BCUT2D eigenvalue weighted by molar-refractivity contribution is 0.483. The van der Waals surface area contributed by atoms with E-state index in [1.54, 1.807) is 0 Å². The molecule has 0 aliphatic rings. The molecule has 0 atom stereocenters. The van der Waals surface area contributed by atoms with Crippen molar-refractivity contribution >= 4 is 25.6 Å². The molecule has 1 rings (SSSR count). The highest BCUT2D eigenvalue weighted by Gasteiger charge is 2.17. The van der Waals surface area contributed by atoms with Gasteiger partial charge < -0.3 is 11.0 Å². The van der Waals surface area contributed by atoms with E-state index in [4.69, 9.17) is 10.1 Å². The van der Waals surface area contributed by atoms with Crippen molar-refractivity contribution in [2.24, 2.45) is 5.22 Å². The van der Waals surface area contributed by atoms with Crippen LogP contribution < -0.4 is 5.43 Å². The van der Waals surface area contributed by atoms with Crippen LogP contribution in [0.1, 0.15) is 0 Å². The van der Waals surface area contributed by atoms with Crippen molar-refractivity contribution in [3.63, 3.8) is 0 Å². The van der Waals surface area contributed by atoms with Crippen LogP contribution in [0, 0.1) is 0 Å². The summed E-state index contributed by atoms with van der Waals surface area (Å²) in [7, 11) is -8.36. The van der Waals surface area contributed by atoms with Crippen LogP contribution in [-0.4, -0.2) is 21.4 Å². The normalized spacial score (nSPS) is 11.8. The molecule has 0 amide bonds. The molecular formula is C8H8N3O5S2-. The Morgan fingerprint density at radius 1 is 1.33 bits per heavy atom. The van der Waals surface area contributed by atoms with Crippen LogP contribution >= 0.6 is 0 Å². The topological polar surface area (TPSA) is 135 Å². The summed E-state index contributed by atoms with van der Waals surface area (Å²) in [6, 6.07) is 2.65. The monoisotopic (exact) mass is 290 g/mol. The lowest BCUT2D eigenvalue weighted by atomic mass is 10.3. The van der Waals surface area contributed by atoms with Crippen molar-refractivity contribution in [3.8, 4) is 0 Å². The van der Waals surface area contributed by atoms with E-state index in [1.807, 2.05) is 5.43 Å². The minimum absolute atomic E-state index is 0.312. The van der Waals surface area contributed by atoms with Gasteiger partial charge in [-0.1, -0.05) is 6.58 Å². The van der Waals surface area contributed by atoms with Crippen molar-refractivity contribution in [2.45, 2.75) is 9.79 Å². The molecule has 0 spiro atoms. The number of rotatable bonds is 5. The molecule has 0 bridgehead atoms. The van der Waals surface area contributed by atoms with E-state index in [2.05, 4.69) is 11.8 Å². The fraction of sp³-hybridized carbons (Fsp3) is 0. The van der Waals surface area contributed by atoms with E-state index in [1.165, 1.54) is 0 Å². The Morgan fingerprint density at radius 2 is 1.94 bits per heavy atom. The molecular weight excluding hydrogens is 282 g/mol. The summed E-state index contributed by atoms with van der Waals surface area (Å²) >= 11 is 0. The van der Waals surface area contributed by atoms with E-state index in [0.717, 1.165) is 18.2 Å². The highest BCUT2D eigenvalue weighted by Crippen LogP contribution is 2.26. The quantitative estimate of drug-likeness (QED) is 0.475. The zero-order valence-electron chi connectivity index (χ0n) is 8.81. The number of anilines is 1. The minimum Gasteiger partial charge on any atom is -0.386 e. The predicted octanol–water partition coefficient (Wildman–Crippen LogP) is 1.20. The molecule has 0 saturated heterocycles. The number of benzene rings is 1. The van der Waals surface area contributed by atoms with E-state index >= 15 is 0 Å². The largest absolute Gasteiger partial charge is 0.386 e. The maximum atomic E-state index is 11.6. The Hall–Kier alpha value is -1.78. The number of sulfone groups is 1. The minimum atomic E-state index is -4.50. The van der Waals surface area contributed by atoms with E-state index in [0.29, 0.717) is 5.41 Å². The van der Waals surface area contributed by atoms with Gasteiger partial charge in [-0.2, -0.15) is 8.42 Å². The Balaban J connectivity index is 3.58. The third-order valence-corrected chi connectivity index (χ3v) is 4.20. The van der Waals surface area contributed by atoms with Crippen molar-refractivity contribution < 1.29 is 21.4 Å². The van der Waals surface area contributed by atoms with Gasteiger partial charge in [-0.15, -0.1) is 0 Å². The van der Waals surface area contributed by atoms with Crippen LogP contribution in [0.5, 0.6) is 0 Å². The molecule has 1 aromatic rings. The van der Waals surface area contributed by atoms with Crippen LogP contribution in [0.4, 0.5) is 5.69 Å². The number of nitrogens with zero attached hydrogens (tertiary/aromatic N) is 2. The summed E-state index contributed by atoms with van der Waals surface area (Å²) in [6.07, 6.45) is 0. The number of hydrogen-bond acceptors (Lipinski definition) is 5. The standard InChI is InChI=1S/C8H8N3O5S2/c1-2-17(12,13)8-4-3-6(18(14,15)16)5-7(8)10-11-9/h2-5H,1H2,(H2-,9,10,14,15,16)/q-1. The van der Waals surface area contributed by atoms with Gasteiger partial charge in [0.05, 0.1) is 9.79 Å². The second kappa shape index (κ2) is 4.84. The van der Waals surface area contributed by atoms with Gasteiger partial charge >= 0.3 is 0 Å². The maximum absolute atomic E-state index is 11.6. The maximum Gasteiger partial charge on any atom is 0.294 e. The second-order valence-corrected chi connectivity index (χ2v) is 6.34. The molecule has 0 unspecified atom stereocenters.